The smallest absolute Gasteiger partial charge is 0.0193 e. The van der Waals surface area contributed by atoms with Crippen LogP contribution in [0.3, 0.4) is 0 Å². The normalized spacial score (nSPS) is 37.5. The molecule has 94 valence electrons. The van der Waals surface area contributed by atoms with Gasteiger partial charge in [0.25, 0.3) is 0 Å². The molecule has 2 nitrogen and oxygen atoms in total. The fraction of sp³-hybridized carbons (Fsp3) is 1.00. The van der Waals surface area contributed by atoms with Crippen LogP contribution in [0.1, 0.15) is 46.0 Å². The zero-order valence-corrected chi connectivity index (χ0v) is 11.0. The van der Waals surface area contributed by atoms with E-state index in [1.165, 1.54) is 58.3 Å². The van der Waals surface area contributed by atoms with Gasteiger partial charge in [0.2, 0.25) is 0 Å². The Morgan fingerprint density at radius 1 is 1.12 bits per heavy atom. The molecule has 0 amide bonds. The number of nitrogens with one attached hydrogen (secondary N) is 1. The first-order chi connectivity index (χ1) is 7.79. The molecule has 1 heterocycles. The molecular weight excluding hydrogens is 196 g/mol. The van der Waals surface area contributed by atoms with E-state index >= 15 is 0 Å². The van der Waals surface area contributed by atoms with E-state index in [0.29, 0.717) is 0 Å². The highest BCUT2D eigenvalue weighted by molar-refractivity contribution is 4.80. The summed E-state index contributed by atoms with van der Waals surface area (Å²) in [5.74, 6) is 2.03. The molecular formula is C14H28N2. The Morgan fingerprint density at radius 2 is 1.81 bits per heavy atom. The van der Waals surface area contributed by atoms with Gasteiger partial charge in [-0.15, -0.1) is 0 Å². The monoisotopic (exact) mass is 224 g/mol. The molecule has 1 saturated carbocycles. The predicted octanol–water partition coefficient (Wildman–Crippen LogP) is 2.50. The first kappa shape index (κ1) is 12.4. The van der Waals surface area contributed by atoms with Crippen molar-refractivity contribution in [2.75, 3.05) is 26.2 Å². The number of hydrogen-bond donors (Lipinski definition) is 1. The van der Waals surface area contributed by atoms with Gasteiger partial charge in [0.15, 0.2) is 0 Å². The van der Waals surface area contributed by atoms with E-state index in [9.17, 15) is 0 Å². The lowest BCUT2D eigenvalue weighted by atomic mass is 9.80. The Bertz CT molecular complexity index is 197. The van der Waals surface area contributed by atoms with Gasteiger partial charge in [-0.2, -0.15) is 0 Å². The van der Waals surface area contributed by atoms with E-state index in [4.69, 9.17) is 0 Å². The molecule has 1 aliphatic heterocycles. The largest absolute Gasteiger partial charge is 0.314 e. The van der Waals surface area contributed by atoms with Crippen molar-refractivity contribution in [2.24, 2.45) is 11.8 Å². The fourth-order valence-corrected chi connectivity index (χ4v) is 3.31. The Morgan fingerprint density at radius 3 is 2.44 bits per heavy atom. The molecule has 16 heavy (non-hydrogen) atoms. The Hall–Kier alpha value is -0.0800. The SMILES string of the molecule is CCC1CCC(CN2CCNCC2C)CC1. The van der Waals surface area contributed by atoms with Crippen LogP contribution in [0.2, 0.25) is 0 Å². The maximum absolute atomic E-state index is 3.48. The lowest BCUT2D eigenvalue weighted by Gasteiger charge is -2.38. The summed E-state index contributed by atoms with van der Waals surface area (Å²) in [6.07, 6.45) is 7.34. The van der Waals surface area contributed by atoms with Crippen molar-refractivity contribution in [3.05, 3.63) is 0 Å². The number of piperazine rings is 1. The average molecular weight is 224 g/mol. The molecule has 2 heteroatoms. The van der Waals surface area contributed by atoms with E-state index in [2.05, 4.69) is 24.1 Å². The lowest BCUT2D eigenvalue weighted by Crippen LogP contribution is -2.51. The van der Waals surface area contributed by atoms with Crippen molar-refractivity contribution in [3.63, 3.8) is 0 Å². The highest BCUT2D eigenvalue weighted by Gasteiger charge is 2.25. The summed E-state index contributed by atoms with van der Waals surface area (Å²) < 4.78 is 0. The van der Waals surface area contributed by atoms with Gasteiger partial charge in [0.1, 0.15) is 0 Å². The number of nitrogens with zero attached hydrogens (tertiary/aromatic N) is 1. The third kappa shape index (κ3) is 3.21. The van der Waals surface area contributed by atoms with Gasteiger partial charge in [0, 0.05) is 32.2 Å². The van der Waals surface area contributed by atoms with Crippen LogP contribution >= 0.6 is 0 Å². The maximum Gasteiger partial charge on any atom is 0.0193 e. The second-order valence-electron chi connectivity index (χ2n) is 5.84. The molecule has 1 N–H and O–H groups in total. The van der Waals surface area contributed by atoms with Crippen LogP contribution in [-0.2, 0) is 0 Å². The molecule has 1 saturated heterocycles. The summed E-state index contributed by atoms with van der Waals surface area (Å²) in [6, 6.07) is 0.748. The van der Waals surface area contributed by atoms with Gasteiger partial charge in [-0.05, 0) is 31.6 Å². The highest BCUT2D eigenvalue weighted by atomic mass is 15.2. The third-order valence-electron chi connectivity index (χ3n) is 4.68. The molecule has 0 aromatic heterocycles. The summed E-state index contributed by atoms with van der Waals surface area (Å²) >= 11 is 0. The van der Waals surface area contributed by atoms with Gasteiger partial charge in [-0.1, -0.05) is 26.2 Å². The molecule has 0 bridgehead atoms. The van der Waals surface area contributed by atoms with Gasteiger partial charge in [-0.25, -0.2) is 0 Å². The first-order valence-corrected chi connectivity index (χ1v) is 7.24. The van der Waals surface area contributed by atoms with Crippen molar-refractivity contribution in [1.82, 2.24) is 10.2 Å². The van der Waals surface area contributed by atoms with Crippen LogP contribution < -0.4 is 5.32 Å². The quantitative estimate of drug-likeness (QED) is 0.792. The Kier molecular flexibility index (Phi) is 4.66. The van der Waals surface area contributed by atoms with Crippen molar-refractivity contribution in [1.29, 1.82) is 0 Å². The van der Waals surface area contributed by atoms with Crippen molar-refractivity contribution in [3.8, 4) is 0 Å². The molecule has 1 atom stereocenters. The van der Waals surface area contributed by atoms with E-state index in [-0.39, 0.29) is 0 Å². The van der Waals surface area contributed by atoms with Crippen LogP contribution in [0.5, 0.6) is 0 Å². The number of hydrogen-bond acceptors (Lipinski definition) is 2. The van der Waals surface area contributed by atoms with E-state index < -0.39 is 0 Å². The van der Waals surface area contributed by atoms with E-state index in [1.54, 1.807) is 0 Å². The summed E-state index contributed by atoms with van der Waals surface area (Å²) in [5, 5.41) is 3.48. The molecule has 1 unspecified atom stereocenters. The van der Waals surface area contributed by atoms with Crippen LogP contribution in [0.15, 0.2) is 0 Å². The zero-order chi connectivity index (χ0) is 11.4. The summed E-state index contributed by atoms with van der Waals surface area (Å²) in [5.41, 5.74) is 0. The molecule has 2 aliphatic rings. The zero-order valence-electron chi connectivity index (χ0n) is 11.0. The topological polar surface area (TPSA) is 15.3 Å². The molecule has 1 aliphatic carbocycles. The van der Waals surface area contributed by atoms with Crippen molar-refractivity contribution < 1.29 is 0 Å². The minimum Gasteiger partial charge on any atom is -0.314 e. The molecule has 0 spiro atoms. The van der Waals surface area contributed by atoms with Gasteiger partial charge >= 0.3 is 0 Å². The van der Waals surface area contributed by atoms with E-state index in [1.807, 2.05) is 0 Å². The second-order valence-corrected chi connectivity index (χ2v) is 5.84. The molecule has 2 rings (SSSR count). The van der Waals surface area contributed by atoms with Gasteiger partial charge in [-0.3, -0.25) is 4.90 Å². The minimum absolute atomic E-state index is 0.748. The maximum atomic E-state index is 3.48. The summed E-state index contributed by atoms with van der Waals surface area (Å²) in [6.45, 7) is 9.71. The Labute approximate surface area is 101 Å². The van der Waals surface area contributed by atoms with E-state index in [0.717, 1.165) is 17.9 Å². The Balaban J connectivity index is 1.73. The summed E-state index contributed by atoms with van der Waals surface area (Å²) in [7, 11) is 0. The van der Waals surface area contributed by atoms with Gasteiger partial charge < -0.3 is 5.32 Å². The third-order valence-corrected chi connectivity index (χ3v) is 4.68. The lowest BCUT2D eigenvalue weighted by molar-refractivity contribution is 0.124. The first-order valence-electron chi connectivity index (χ1n) is 7.24. The highest BCUT2D eigenvalue weighted by Crippen LogP contribution is 2.31. The second kappa shape index (κ2) is 6.02. The average Bonchev–Trinajstić information content (AvgIpc) is 2.33. The van der Waals surface area contributed by atoms with Crippen LogP contribution in [-0.4, -0.2) is 37.1 Å². The van der Waals surface area contributed by atoms with Crippen molar-refractivity contribution >= 4 is 0 Å². The fourth-order valence-electron chi connectivity index (χ4n) is 3.31. The molecule has 0 aromatic carbocycles. The molecule has 0 radical (unpaired) electrons. The standard InChI is InChI=1S/C14H28N2/c1-3-13-4-6-14(7-5-13)11-16-9-8-15-10-12(16)2/h12-15H,3-11H2,1-2H3. The summed E-state index contributed by atoms with van der Waals surface area (Å²) in [4.78, 5) is 2.70. The number of rotatable bonds is 3. The molecule has 2 fully saturated rings. The van der Waals surface area contributed by atoms with Gasteiger partial charge in [0.05, 0.1) is 0 Å². The van der Waals surface area contributed by atoms with Crippen LogP contribution in [0.25, 0.3) is 0 Å². The minimum atomic E-state index is 0.748. The van der Waals surface area contributed by atoms with Crippen LogP contribution in [0.4, 0.5) is 0 Å². The predicted molar refractivity (Wildman–Crippen MR) is 69.6 cm³/mol. The van der Waals surface area contributed by atoms with Crippen LogP contribution in [0, 0.1) is 11.8 Å². The molecule has 0 aromatic rings. The van der Waals surface area contributed by atoms with Crippen molar-refractivity contribution in [2.45, 2.75) is 52.0 Å².